The molecule has 3 aromatic rings. The number of benzene rings is 3. The molecule has 0 fully saturated rings. The van der Waals surface area contributed by atoms with Crippen LogP contribution in [0.1, 0.15) is 38.3 Å². The normalized spacial score (nSPS) is 12.2. The SMILES string of the molecule is CC[C@@H](C(=O)NC(C)C)N(Cc1ccc(Cl)c(Cl)c1)C(=O)CN(c1ccccc1C)S(=O)(=O)c1ccccc1. The summed E-state index contributed by atoms with van der Waals surface area (Å²) in [6.45, 7) is 6.79. The minimum atomic E-state index is -4.12. The summed E-state index contributed by atoms with van der Waals surface area (Å²) in [5.74, 6) is -0.858. The predicted octanol–water partition coefficient (Wildman–Crippen LogP) is 5.83. The van der Waals surface area contributed by atoms with Gasteiger partial charge in [-0.3, -0.25) is 13.9 Å². The van der Waals surface area contributed by atoms with Crippen LogP contribution in [0.4, 0.5) is 5.69 Å². The molecule has 3 aromatic carbocycles. The van der Waals surface area contributed by atoms with Gasteiger partial charge >= 0.3 is 0 Å². The van der Waals surface area contributed by atoms with Crippen molar-refractivity contribution in [3.63, 3.8) is 0 Å². The Bertz CT molecular complexity index is 1420. The van der Waals surface area contributed by atoms with E-state index in [1.54, 1.807) is 74.5 Å². The summed E-state index contributed by atoms with van der Waals surface area (Å²) in [7, 11) is -4.12. The fourth-order valence-electron chi connectivity index (χ4n) is 4.21. The second-order valence-electron chi connectivity index (χ2n) is 9.47. The highest BCUT2D eigenvalue weighted by Crippen LogP contribution is 2.28. The monoisotopic (exact) mass is 589 g/mol. The molecular weight excluding hydrogens is 557 g/mol. The van der Waals surface area contributed by atoms with Gasteiger partial charge < -0.3 is 10.2 Å². The van der Waals surface area contributed by atoms with Crippen molar-refractivity contribution in [1.82, 2.24) is 10.2 Å². The number of nitrogens with zero attached hydrogens (tertiary/aromatic N) is 2. The molecule has 0 heterocycles. The molecule has 0 bridgehead atoms. The number of rotatable bonds is 11. The second kappa shape index (κ2) is 13.3. The van der Waals surface area contributed by atoms with E-state index < -0.39 is 28.5 Å². The van der Waals surface area contributed by atoms with Crippen molar-refractivity contribution in [2.75, 3.05) is 10.8 Å². The Labute approximate surface area is 240 Å². The van der Waals surface area contributed by atoms with Crippen LogP contribution in [0.25, 0.3) is 0 Å². The maximum absolute atomic E-state index is 14.0. The molecule has 0 aromatic heterocycles. The number of nitrogens with one attached hydrogen (secondary N) is 1. The Hall–Kier alpha value is -3.07. The van der Waals surface area contributed by atoms with Crippen molar-refractivity contribution in [1.29, 1.82) is 0 Å². The third kappa shape index (κ3) is 7.53. The fraction of sp³-hybridized carbons (Fsp3) is 0.310. The molecule has 39 heavy (non-hydrogen) atoms. The molecule has 0 aliphatic rings. The standard InChI is InChI=1S/C29H33Cl2N3O4S/c1-5-26(29(36)32-20(2)3)33(18-22-15-16-24(30)25(31)17-22)28(35)19-34(27-14-10-9-11-21(27)4)39(37,38)23-12-7-6-8-13-23/h6-17,20,26H,5,18-19H2,1-4H3,(H,32,36)/t26-/m0/s1. The number of hydrogen-bond donors (Lipinski definition) is 1. The molecule has 0 saturated carbocycles. The zero-order chi connectivity index (χ0) is 28.7. The van der Waals surface area contributed by atoms with Gasteiger partial charge in [-0.2, -0.15) is 0 Å². The summed E-state index contributed by atoms with van der Waals surface area (Å²) >= 11 is 12.3. The van der Waals surface area contributed by atoms with Crippen LogP contribution in [0.2, 0.25) is 10.0 Å². The van der Waals surface area contributed by atoms with E-state index >= 15 is 0 Å². The van der Waals surface area contributed by atoms with Crippen molar-refractivity contribution < 1.29 is 18.0 Å². The number of carbonyl (C=O) groups excluding carboxylic acids is 2. The van der Waals surface area contributed by atoms with Crippen molar-refractivity contribution in [3.8, 4) is 0 Å². The highest BCUT2D eigenvalue weighted by Gasteiger charge is 2.34. The summed E-state index contributed by atoms with van der Waals surface area (Å²) < 4.78 is 28.8. The van der Waals surface area contributed by atoms with E-state index in [2.05, 4.69) is 5.32 Å². The van der Waals surface area contributed by atoms with Gasteiger partial charge in [-0.1, -0.05) is 72.6 Å². The van der Waals surface area contributed by atoms with Crippen LogP contribution >= 0.6 is 23.2 Å². The summed E-state index contributed by atoms with van der Waals surface area (Å²) in [6.07, 6.45) is 0.321. The minimum absolute atomic E-state index is 0.0345. The summed E-state index contributed by atoms with van der Waals surface area (Å²) in [4.78, 5) is 28.7. The van der Waals surface area contributed by atoms with Crippen LogP contribution in [0.5, 0.6) is 0 Å². The van der Waals surface area contributed by atoms with E-state index in [1.165, 1.54) is 17.0 Å². The van der Waals surface area contributed by atoms with Crippen LogP contribution in [0, 0.1) is 6.92 Å². The lowest BCUT2D eigenvalue weighted by Gasteiger charge is -2.34. The van der Waals surface area contributed by atoms with Crippen LogP contribution in [-0.4, -0.2) is 43.8 Å². The Morgan fingerprint density at radius 3 is 2.15 bits per heavy atom. The molecular formula is C29H33Cl2N3O4S. The third-order valence-electron chi connectivity index (χ3n) is 6.15. The fourth-order valence-corrected chi connectivity index (χ4v) is 6.03. The van der Waals surface area contributed by atoms with Crippen molar-refractivity contribution >= 4 is 50.7 Å². The maximum Gasteiger partial charge on any atom is 0.264 e. The van der Waals surface area contributed by atoms with E-state index in [0.717, 1.165) is 4.31 Å². The van der Waals surface area contributed by atoms with Gasteiger partial charge in [-0.05, 0) is 68.7 Å². The molecule has 7 nitrogen and oxygen atoms in total. The summed E-state index contributed by atoms with van der Waals surface area (Å²) in [5, 5.41) is 3.55. The largest absolute Gasteiger partial charge is 0.352 e. The van der Waals surface area contributed by atoms with Crippen LogP contribution in [0.15, 0.2) is 77.7 Å². The number of halogens is 2. The molecule has 0 saturated heterocycles. The van der Waals surface area contributed by atoms with Crippen LogP contribution in [-0.2, 0) is 26.2 Å². The van der Waals surface area contributed by atoms with Gasteiger partial charge in [0, 0.05) is 12.6 Å². The minimum Gasteiger partial charge on any atom is -0.352 e. The smallest absolute Gasteiger partial charge is 0.264 e. The zero-order valence-electron chi connectivity index (χ0n) is 22.4. The van der Waals surface area contributed by atoms with Gasteiger partial charge in [0.15, 0.2) is 0 Å². The highest BCUT2D eigenvalue weighted by atomic mass is 35.5. The van der Waals surface area contributed by atoms with Gasteiger partial charge in [0.05, 0.1) is 20.6 Å². The Kier molecular flexibility index (Phi) is 10.4. The first-order valence-corrected chi connectivity index (χ1v) is 14.8. The molecule has 0 aliphatic carbocycles. The predicted molar refractivity (Wildman–Crippen MR) is 157 cm³/mol. The number of sulfonamides is 1. The average Bonchev–Trinajstić information content (AvgIpc) is 2.89. The third-order valence-corrected chi connectivity index (χ3v) is 8.66. The van der Waals surface area contributed by atoms with Gasteiger partial charge in [0.1, 0.15) is 12.6 Å². The van der Waals surface area contributed by atoms with Gasteiger partial charge in [-0.15, -0.1) is 0 Å². The second-order valence-corrected chi connectivity index (χ2v) is 12.1. The summed E-state index contributed by atoms with van der Waals surface area (Å²) in [5.41, 5.74) is 1.72. The number of hydrogen-bond acceptors (Lipinski definition) is 4. The van der Waals surface area contributed by atoms with E-state index in [0.29, 0.717) is 33.3 Å². The van der Waals surface area contributed by atoms with E-state index in [-0.39, 0.29) is 23.4 Å². The van der Waals surface area contributed by atoms with Gasteiger partial charge in [0.2, 0.25) is 11.8 Å². The first kappa shape index (κ1) is 30.5. The molecule has 0 radical (unpaired) electrons. The van der Waals surface area contributed by atoms with E-state index in [4.69, 9.17) is 23.2 Å². The van der Waals surface area contributed by atoms with Gasteiger partial charge in [-0.25, -0.2) is 8.42 Å². The van der Waals surface area contributed by atoms with E-state index in [1.807, 2.05) is 13.8 Å². The molecule has 208 valence electrons. The molecule has 0 spiro atoms. The molecule has 0 unspecified atom stereocenters. The lowest BCUT2D eigenvalue weighted by atomic mass is 10.1. The number of anilines is 1. The quantitative estimate of drug-likeness (QED) is 0.305. The Morgan fingerprint density at radius 1 is 0.923 bits per heavy atom. The first-order chi connectivity index (χ1) is 18.4. The Balaban J connectivity index is 2.08. The van der Waals surface area contributed by atoms with Crippen molar-refractivity contribution in [3.05, 3.63) is 94.0 Å². The number of amides is 2. The summed E-state index contributed by atoms with van der Waals surface area (Å²) in [6, 6.07) is 18.9. The Morgan fingerprint density at radius 2 is 1.56 bits per heavy atom. The lowest BCUT2D eigenvalue weighted by Crippen LogP contribution is -2.53. The lowest BCUT2D eigenvalue weighted by molar-refractivity contribution is -0.140. The zero-order valence-corrected chi connectivity index (χ0v) is 24.7. The maximum atomic E-state index is 14.0. The highest BCUT2D eigenvalue weighted by molar-refractivity contribution is 7.92. The molecule has 1 N–H and O–H groups in total. The van der Waals surface area contributed by atoms with Crippen molar-refractivity contribution in [2.24, 2.45) is 0 Å². The van der Waals surface area contributed by atoms with Crippen molar-refractivity contribution in [2.45, 2.75) is 57.6 Å². The van der Waals surface area contributed by atoms with Crippen LogP contribution in [0.3, 0.4) is 0 Å². The molecule has 1 atom stereocenters. The average molecular weight is 591 g/mol. The molecule has 10 heteroatoms. The number of carbonyl (C=O) groups is 2. The molecule has 3 rings (SSSR count). The number of aryl methyl sites for hydroxylation is 1. The van der Waals surface area contributed by atoms with Crippen LogP contribution < -0.4 is 9.62 Å². The molecule has 2 amide bonds. The van der Waals surface area contributed by atoms with E-state index in [9.17, 15) is 18.0 Å². The number of para-hydroxylation sites is 1. The first-order valence-electron chi connectivity index (χ1n) is 12.6. The molecule has 0 aliphatic heterocycles. The topological polar surface area (TPSA) is 86.8 Å². The van der Waals surface area contributed by atoms with Gasteiger partial charge in [0.25, 0.3) is 10.0 Å².